The van der Waals surface area contributed by atoms with E-state index in [0.717, 1.165) is 0 Å². The Morgan fingerprint density at radius 2 is 2.32 bits per heavy atom. The minimum Gasteiger partial charge on any atom is -0.477 e. The molecule has 2 aliphatic heterocycles. The second-order valence-electron chi connectivity index (χ2n) is 4.68. The Morgan fingerprint density at radius 1 is 1.59 bits per heavy atom. The zero-order valence-electron chi connectivity index (χ0n) is 11.3. The maximum absolute atomic E-state index is 12.3. The SMILES string of the molecule is O=C1CCC(C(=O)O)(N2OC[C@H](NC(=S)C/C=C\Cl)C2=O)O1. The number of carboxylic acid groups (broad SMARTS) is 1. The molecule has 0 aliphatic carbocycles. The molecule has 1 unspecified atom stereocenters. The van der Waals surface area contributed by atoms with Crippen LogP contribution in [0.25, 0.3) is 0 Å². The van der Waals surface area contributed by atoms with Crippen LogP contribution in [-0.4, -0.2) is 51.4 Å². The lowest BCUT2D eigenvalue weighted by molar-refractivity contribution is -0.256. The number of hydrogen-bond donors (Lipinski definition) is 2. The van der Waals surface area contributed by atoms with Crippen LogP contribution in [0.15, 0.2) is 11.6 Å². The molecule has 0 bridgehead atoms. The van der Waals surface area contributed by atoms with Crippen molar-refractivity contribution in [2.75, 3.05) is 6.61 Å². The number of ether oxygens (including phenoxy) is 1. The minimum atomic E-state index is -2.11. The number of thiocarbonyl (C=S) groups is 1. The van der Waals surface area contributed by atoms with E-state index in [-0.39, 0.29) is 19.4 Å². The summed E-state index contributed by atoms with van der Waals surface area (Å²) >= 11 is 10.4. The third-order valence-corrected chi connectivity index (χ3v) is 3.67. The molecule has 2 atom stereocenters. The number of nitrogens with zero attached hydrogens (tertiary/aromatic N) is 1. The summed E-state index contributed by atoms with van der Waals surface area (Å²) in [5.41, 5.74) is -0.813. The van der Waals surface area contributed by atoms with Gasteiger partial charge in [-0.15, -0.1) is 0 Å². The highest BCUT2D eigenvalue weighted by Gasteiger charge is 2.59. The van der Waals surface area contributed by atoms with E-state index in [1.807, 2.05) is 0 Å². The Balaban J connectivity index is 2.08. The standard InChI is InChI=1S/C12H13ClN2O6S/c13-5-1-2-8(22)14-7-6-20-15(10(7)17)12(11(18)19)4-3-9(16)21-12/h1,5,7H,2-4,6H2,(H,14,22)(H,18,19)/b5-1-/t7-,12?/m0/s1. The Bertz CT molecular complexity index is 554. The van der Waals surface area contributed by atoms with Crippen LogP contribution in [0.5, 0.6) is 0 Å². The topological polar surface area (TPSA) is 105 Å². The number of rotatable bonds is 5. The third kappa shape index (κ3) is 3.06. The van der Waals surface area contributed by atoms with Crippen molar-refractivity contribution in [3.05, 3.63) is 11.6 Å². The molecule has 22 heavy (non-hydrogen) atoms. The Hall–Kier alpha value is -1.71. The maximum Gasteiger partial charge on any atom is 0.372 e. The number of amides is 1. The van der Waals surface area contributed by atoms with Crippen LogP contribution in [-0.2, 0) is 24.0 Å². The molecular formula is C12H13ClN2O6S. The highest BCUT2D eigenvalue weighted by atomic mass is 35.5. The molecule has 0 radical (unpaired) electrons. The first-order valence-corrected chi connectivity index (χ1v) is 7.22. The quantitative estimate of drug-likeness (QED) is 0.540. The van der Waals surface area contributed by atoms with Crippen LogP contribution >= 0.6 is 23.8 Å². The van der Waals surface area contributed by atoms with Crippen molar-refractivity contribution in [1.29, 1.82) is 0 Å². The van der Waals surface area contributed by atoms with Gasteiger partial charge < -0.3 is 15.2 Å². The van der Waals surface area contributed by atoms with Gasteiger partial charge in [-0.25, -0.2) is 4.79 Å². The second-order valence-corrected chi connectivity index (χ2v) is 5.42. The molecule has 8 nitrogen and oxygen atoms in total. The summed E-state index contributed by atoms with van der Waals surface area (Å²) in [6, 6.07) is -0.841. The molecule has 2 saturated heterocycles. The fraction of sp³-hybridized carbons (Fsp3) is 0.500. The molecular weight excluding hydrogens is 336 g/mol. The smallest absolute Gasteiger partial charge is 0.372 e. The summed E-state index contributed by atoms with van der Waals surface area (Å²) in [7, 11) is 0. The molecule has 0 aromatic carbocycles. The summed E-state index contributed by atoms with van der Waals surface area (Å²) in [6.07, 6.45) is 1.66. The van der Waals surface area contributed by atoms with Crippen LogP contribution < -0.4 is 5.32 Å². The molecule has 2 fully saturated rings. The number of esters is 1. The molecule has 2 N–H and O–H groups in total. The van der Waals surface area contributed by atoms with E-state index < -0.39 is 29.6 Å². The monoisotopic (exact) mass is 348 g/mol. The minimum absolute atomic E-state index is 0.101. The van der Waals surface area contributed by atoms with Crippen LogP contribution in [0.3, 0.4) is 0 Å². The number of nitrogens with one attached hydrogen (secondary N) is 1. The fourth-order valence-corrected chi connectivity index (χ4v) is 2.49. The molecule has 1 amide bonds. The van der Waals surface area contributed by atoms with Gasteiger partial charge in [-0.1, -0.05) is 29.9 Å². The number of hydrogen-bond acceptors (Lipinski definition) is 6. The van der Waals surface area contributed by atoms with Crippen LogP contribution in [0, 0.1) is 0 Å². The fourth-order valence-electron chi connectivity index (χ4n) is 2.16. The van der Waals surface area contributed by atoms with Gasteiger partial charge in [0.2, 0.25) is 0 Å². The Morgan fingerprint density at radius 3 is 2.86 bits per heavy atom. The van der Waals surface area contributed by atoms with Gasteiger partial charge >= 0.3 is 17.7 Å². The summed E-state index contributed by atoms with van der Waals surface area (Å²) < 4.78 is 4.84. The molecule has 0 aromatic rings. The van der Waals surface area contributed by atoms with E-state index in [9.17, 15) is 19.5 Å². The van der Waals surface area contributed by atoms with Crippen molar-refractivity contribution < 1.29 is 29.1 Å². The molecule has 0 saturated carbocycles. The molecule has 2 heterocycles. The van der Waals surface area contributed by atoms with Gasteiger partial charge in [0.05, 0.1) is 11.4 Å². The second kappa shape index (κ2) is 6.59. The first kappa shape index (κ1) is 16.7. The number of aliphatic carboxylic acids is 1. The average molecular weight is 349 g/mol. The van der Waals surface area contributed by atoms with E-state index in [2.05, 4.69) is 5.32 Å². The number of carbonyl (C=O) groups excluding carboxylic acids is 2. The normalized spacial score (nSPS) is 28.2. The number of halogens is 1. The van der Waals surface area contributed by atoms with Gasteiger partial charge in [0.1, 0.15) is 12.6 Å². The van der Waals surface area contributed by atoms with E-state index in [1.54, 1.807) is 6.08 Å². The Kier molecular flexibility index (Phi) is 4.99. The maximum atomic E-state index is 12.3. The van der Waals surface area contributed by atoms with Crippen molar-refractivity contribution in [1.82, 2.24) is 10.4 Å². The highest BCUT2D eigenvalue weighted by Crippen LogP contribution is 2.33. The summed E-state index contributed by atoms with van der Waals surface area (Å²) in [6.45, 7) is -0.115. The zero-order valence-corrected chi connectivity index (χ0v) is 12.9. The third-order valence-electron chi connectivity index (χ3n) is 3.21. The lowest BCUT2D eigenvalue weighted by Gasteiger charge is -2.30. The number of carbonyl (C=O) groups is 3. The van der Waals surface area contributed by atoms with Crippen molar-refractivity contribution in [3.63, 3.8) is 0 Å². The molecule has 2 aliphatic rings. The predicted octanol–water partition coefficient (Wildman–Crippen LogP) is 0.306. The zero-order chi connectivity index (χ0) is 16.3. The molecule has 10 heteroatoms. The first-order valence-electron chi connectivity index (χ1n) is 6.37. The lowest BCUT2D eigenvalue weighted by atomic mass is 10.1. The van der Waals surface area contributed by atoms with Crippen LogP contribution in [0.4, 0.5) is 0 Å². The van der Waals surface area contributed by atoms with Gasteiger partial charge in [-0.2, -0.15) is 5.06 Å². The summed E-state index contributed by atoms with van der Waals surface area (Å²) in [4.78, 5) is 40.5. The lowest BCUT2D eigenvalue weighted by Crippen LogP contribution is -2.56. The largest absolute Gasteiger partial charge is 0.477 e. The number of cyclic esters (lactones) is 1. The van der Waals surface area contributed by atoms with Crippen molar-refractivity contribution in [2.24, 2.45) is 0 Å². The van der Waals surface area contributed by atoms with Crippen molar-refractivity contribution >= 4 is 46.7 Å². The summed E-state index contributed by atoms with van der Waals surface area (Å²) in [5, 5.41) is 12.7. The highest BCUT2D eigenvalue weighted by molar-refractivity contribution is 7.80. The average Bonchev–Trinajstić information content (AvgIpc) is 3.02. The number of carboxylic acids is 1. The van der Waals surface area contributed by atoms with E-state index in [1.165, 1.54) is 5.54 Å². The van der Waals surface area contributed by atoms with Gasteiger partial charge in [-0.3, -0.25) is 14.4 Å². The van der Waals surface area contributed by atoms with Gasteiger partial charge in [-0.05, 0) is 0 Å². The van der Waals surface area contributed by atoms with Crippen molar-refractivity contribution in [3.8, 4) is 0 Å². The molecule has 0 spiro atoms. The molecule has 120 valence electrons. The van der Waals surface area contributed by atoms with Crippen molar-refractivity contribution in [2.45, 2.75) is 31.0 Å². The van der Waals surface area contributed by atoms with Gasteiger partial charge in [0.25, 0.3) is 5.91 Å². The van der Waals surface area contributed by atoms with Crippen LogP contribution in [0.1, 0.15) is 19.3 Å². The number of hydroxylamine groups is 2. The Labute approximate surface area is 135 Å². The molecule has 2 rings (SSSR count). The first-order chi connectivity index (χ1) is 10.4. The predicted molar refractivity (Wildman–Crippen MR) is 77.6 cm³/mol. The van der Waals surface area contributed by atoms with Gasteiger partial charge in [0, 0.05) is 18.4 Å². The summed E-state index contributed by atoms with van der Waals surface area (Å²) in [5.74, 6) is -2.81. The van der Waals surface area contributed by atoms with E-state index in [0.29, 0.717) is 16.5 Å². The van der Waals surface area contributed by atoms with E-state index >= 15 is 0 Å². The van der Waals surface area contributed by atoms with Crippen LogP contribution in [0.2, 0.25) is 0 Å². The van der Waals surface area contributed by atoms with Gasteiger partial charge in [0.15, 0.2) is 0 Å². The van der Waals surface area contributed by atoms with E-state index in [4.69, 9.17) is 33.4 Å². The molecule has 0 aromatic heterocycles.